The quantitative estimate of drug-likeness (QED) is 0.165. The third kappa shape index (κ3) is 9.05. The van der Waals surface area contributed by atoms with E-state index in [1.807, 2.05) is 19.1 Å². The van der Waals surface area contributed by atoms with Crippen molar-refractivity contribution in [3.63, 3.8) is 0 Å². The average Bonchev–Trinajstić information content (AvgIpc) is 4.00. The van der Waals surface area contributed by atoms with Crippen LogP contribution >= 0.6 is 11.6 Å². The Bertz CT molecular complexity index is 1850. The molecule has 3 aliphatic carbocycles. The summed E-state index contributed by atoms with van der Waals surface area (Å²) in [6, 6.07) is 3.13. The molecule has 8 atom stereocenters. The number of allylic oxidation sites excluding steroid dienone is 1. The van der Waals surface area contributed by atoms with Gasteiger partial charge in [0.1, 0.15) is 58.5 Å². The lowest BCUT2D eigenvalue weighted by Gasteiger charge is -2.29. The first-order chi connectivity index (χ1) is 27.6. The fourth-order valence-electron chi connectivity index (χ4n) is 8.59. The van der Waals surface area contributed by atoms with Crippen LogP contribution in [0.5, 0.6) is 17.4 Å². The molecule has 3 amide bonds. The van der Waals surface area contributed by atoms with E-state index in [-0.39, 0.29) is 42.5 Å². The number of amides is 3. The molecule has 1 aromatic heterocycles. The van der Waals surface area contributed by atoms with Gasteiger partial charge in [-0.15, -0.1) is 0 Å². The number of pyridine rings is 1. The summed E-state index contributed by atoms with van der Waals surface area (Å²) in [5.74, 6) is 0.488. The number of halogens is 1. The summed E-state index contributed by atoms with van der Waals surface area (Å²) in [5, 5.41) is 6.60. The van der Waals surface area contributed by atoms with Crippen molar-refractivity contribution in [2.75, 3.05) is 41.1 Å². The number of benzene rings is 1. The monoisotopic (exact) mass is 812 g/mol. The molecule has 5 aliphatic rings. The van der Waals surface area contributed by atoms with E-state index in [2.05, 4.69) is 15.6 Å². The highest BCUT2D eigenvalue weighted by Gasteiger charge is 2.62. The van der Waals surface area contributed by atoms with E-state index in [0.717, 1.165) is 32.1 Å². The van der Waals surface area contributed by atoms with Crippen molar-refractivity contribution in [1.29, 1.82) is 0 Å². The molecule has 0 spiro atoms. The summed E-state index contributed by atoms with van der Waals surface area (Å²) in [6.07, 6.45) is 8.75. The first kappa shape index (κ1) is 40.8. The number of hydrogen-bond acceptors (Lipinski definition) is 12. The molecular weight excluding hydrogens is 760 g/mol. The third-order valence-electron chi connectivity index (χ3n) is 11.9. The zero-order valence-electron chi connectivity index (χ0n) is 33.0. The Morgan fingerprint density at radius 2 is 1.81 bits per heavy atom. The number of carbonyl (C=O) groups is 4. The van der Waals surface area contributed by atoms with Crippen molar-refractivity contribution >= 4 is 46.4 Å². The summed E-state index contributed by atoms with van der Waals surface area (Å²) in [7, 11) is 4.31. The Morgan fingerprint density at radius 1 is 1.02 bits per heavy atom. The minimum Gasteiger partial charge on any atom is -0.488 e. The van der Waals surface area contributed by atoms with Crippen LogP contribution in [0.3, 0.4) is 0 Å². The number of rotatable bonds is 12. The van der Waals surface area contributed by atoms with E-state index in [1.165, 1.54) is 32.7 Å². The van der Waals surface area contributed by atoms with Gasteiger partial charge in [0.25, 0.3) is 0 Å². The van der Waals surface area contributed by atoms with Gasteiger partial charge in [-0.25, -0.2) is 14.6 Å². The summed E-state index contributed by atoms with van der Waals surface area (Å²) in [6.45, 7) is 2.24. The second kappa shape index (κ2) is 17.7. The highest BCUT2D eigenvalue weighted by atomic mass is 35.5. The molecule has 3 saturated carbocycles. The molecule has 16 heteroatoms. The van der Waals surface area contributed by atoms with Gasteiger partial charge in [-0.1, -0.05) is 36.6 Å². The fourth-order valence-corrected chi connectivity index (χ4v) is 8.85. The van der Waals surface area contributed by atoms with E-state index in [9.17, 15) is 19.2 Å². The molecular formula is C41H53ClN4O11. The highest BCUT2D eigenvalue weighted by molar-refractivity contribution is 6.36. The van der Waals surface area contributed by atoms with Crippen LogP contribution in [-0.4, -0.2) is 111 Å². The maximum Gasteiger partial charge on any atom is 0.408 e. The standard InChI is InChI=1S/C41H53ClN4O11/c1-5-54-33-19-32(28-13-14-31(35(42)36(28)44-33)55-22-34(51-2)52-3)56-27-18-30-37(47)45-41(39(49)53-4)20-25(41)11-9-7-6-8-10-12-29(38(48)46(30)21-27)43-40(50)57-26-16-23-15-24(23)17-26/h9,11,13-14,19,23-27,29-30,34H,5-8,10,12,15-18,20-22H2,1-4H3,(H,43,50)(H,45,47)/b11-9-/t23-,24+,25-,26?,27-,29+,30+,41-/m1/s1. The van der Waals surface area contributed by atoms with Gasteiger partial charge in [0.05, 0.1) is 20.3 Å². The Hall–Kier alpha value is -4.34. The van der Waals surface area contributed by atoms with Gasteiger partial charge < -0.3 is 48.7 Å². The topological polar surface area (TPSA) is 173 Å². The van der Waals surface area contributed by atoms with E-state index in [0.29, 0.717) is 60.1 Å². The first-order valence-electron chi connectivity index (χ1n) is 20.0. The molecule has 0 bridgehead atoms. The Kier molecular flexibility index (Phi) is 12.6. The molecule has 1 aromatic carbocycles. The Morgan fingerprint density at radius 3 is 2.54 bits per heavy atom. The number of fused-ring (bicyclic) bond motifs is 4. The van der Waals surface area contributed by atoms with Crippen molar-refractivity contribution in [1.82, 2.24) is 20.5 Å². The van der Waals surface area contributed by atoms with Crippen LogP contribution in [0, 0.1) is 17.8 Å². The lowest BCUT2D eigenvalue weighted by Crippen LogP contribution is -2.56. The third-order valence-corrected chi connectivity index (χ3v) is 12.2. The molecule has 57 heavy (non-hydrogen) atoms. The van der Waals surface area contributed by atoms with Gasteiger partial charge in [-0.05, 0) is 75.8 Å². The minimum atomic E-state index is -1.24. The van der Waals surface area contributed by atoms with Gasteiger partial charge in [-0.3, -0.25) is 9.59 Å². The average molecular weight is 813 g/mol. The molecule has 310 valence electrons. The smallest absolute Gasteiger partial charge is 0.408 e. The van der Waals surface area contributed by atoms with E-state index in [1.54, 1.807) is 18.2 Å². The van der Waals surface area contributed by atoms with E-state index >= 15 is 0 Å². The second-order valence-corrected chi connectivity index (χ2v) is 16.0. The van der Waals surface area contributed by atoms with Gasteiger partial charge in [0.2, 0.25) is 17.7 Å². The van der Waals surface area contributed by atoms with E-state index < -0.39 is 53.9 Å². The molecule has 0 radical (unpaired) electrons. The normalized spacial score (nSPS) is 30.2. The van der Waals surface area contributed by atoms with Crippen LogP contribution in [0.2, 0.25) is 5.02 Å². The van der Waals surface area contributed by atoms with Gasteiger partial charge in [-0.2, -0.15) is 0 Å². The number of carbonyl (C=O) groups excluding carboxylic acids is 4. The predicted octanol–water partition coefficient (Wildman–Crippen LogP) is 5.09. The minimum absolute atomic E-state index is 0.0167. The number of alkyl carbamates (subject to hydrolysis) is 1. The summed E-state index contributed by atoms with van der Waals surface area (Å²) in [5.41, 5.74) is -0.880. The van der Waals surface area contributed by atoms with Crippen LogP contribution in [0.4, 0.5) is 4.79 Å². The molecule has 2 aliphatic heterocycles. The zero-order valence-corrected chi connectivity index (χ0v) is 33.7. The first-order valence-corrected chi connectivity index (χ1v) is 20.4. The van der Waals surface area contributed by atoms with E-state index in [4.69, 9.17) is 44.8 Å². The van der Waals surface area contributed by atoms with Crippen molar-refractivity contribution < 1.29 is 52.3 Å². The number of esters is 1. The second-order valence-electron chi connectivity index (χ2n) is 15.6. The molecule has 7 rings (SSSR count). The van der Waals surface area contributed by atoms with Gasteiger partial charge in [0.15, 0.2) is 6.29 Å². The Balaban J connectivity index is 1.17. The molecule has 1 unspecified atom stereocenters. The lowest BCUT2D eigenvalue weighted by atomic mass is 10.0. The maximum atomic E-state index is 14.6. The molecule has 15 nitrogen and oxygen atoms in total. The van der Waals surface area contributed by atoms with Crippen LogP contribution in [-0.2, 0) is 33.3 Å². The van der Waals surface area contributed by atoms with Crippen LogP contribution in [0.1, 0.15) is 71.1 Å². The van der Waals surface area contributed by atoms with Crippen molar-refractivity contribution in [2.24, 2.45) is 17.8 Å². The number of aromatic nitrogens is 1. The molecule has 2 aromatic rings. The van der Waals surface area contributed by atoms with Crippen LogP contribution in [0.15, 0.2) is 30.4 Å². The van der Waals surface area contributed by atoms with Crippen molar-refractivity contribution in [2.45, 2.75) is 107 Å². The largest absolute Gasteiger partial charge is 0.488 e. The van der Waals surface area contributed by atoms with Crippen LogP contribution in [0.25, 0.3) is 10.9 Å². The van der Waals surface area contributed by atoms with Crippen molar-refractivity contribution in [3.05, 3.63) is 35.4 Å². The number of methoxy groups -OCH3 is 3. The zero-order chi connectivity index (χ0) is 40.3. The van der Waals surface area contributed by atoms with Gasteiger partial charge >= 0.3 is 12.1 Å². The maximum absolute atomic E-state index is 14.6. The SMILES string of the molecule is CCOc1cc(O[C@@H]2C[C@H]3C(=O)N[C@]4(C(=O)OC)C[C@H]4/C=C\CCCCC[C@H](NC(=O)OC4C[C@@H]5C[C@@H]5C4)C(=O)N3C2)c2ccc(OCC(OC)OC)c(Cl)c2n1. The summed E-state index contributed by atoms with van der Waals surface area (Å²) >= 11 is 6.85. The highest BCUT2D eigenvalue weighted by Crippen LogP contribution is 2.52. The molecule has 3 heterocycles. The predicted molar refractivity (Wildman–Crippen MR) is 207 cm³/mol. The molecule has 2 N–H and O–H groups in total. The molecule has 4 fully saturated rings. The molecule has 1 saturated heterocycles. The Labute approximate surface area is 337 Å². The summed E-state index contributed by atoms with van der Waals surface area (Å²) < 4.78 is 39.8. The lowest BCUT2D eigenvalue weighted by molar-refractivity contribution is -0.148. The van der Waals surface area contributed by atoms with Crippen LogP contribution < -0.4 is 24.8 Å². The number of ether oxygens (including phenoxy) is 7. The van der Waals surface area contributed by atoms with Gasteiger partial charge in [0, 0.05) is 38.0 Å². The number of nitrogens with one attached hydrogen (secondary N) is 2. The fraction of sp³-hybridized carbons (Fsp3) is 0.634. The summed E-state index contributed by atoms with van der Waals surface area (Å²) in [4.78, 5) is 61.5. The number of nitrogens with zero attached hydrogens (tertiary/aromatic N) is 2. The van der Waals surface area contributed by atoms with Crippen molar-refractivity contribution in [3.8, 4) is 17.4 Å². The number of hydrogen-bond donors (Lipinski definition) is 2.